The number of carbonyl (C=O) groups excluding carboxylic acids is 2. The first-order valence-corrected chi connectivity index (χ1v) is 11.8. The highest BCUT2D eigenvalue weighted by Gasteiger charge is 2.45. The van der Waals surface area contributed by atoms with Crippen LogP contribution in [0.5, 0.6) is 11.5 Å². The molecule has 174 valence electrons. The standard InChI is InChI=1S/C28H23N3O4/c32-26-13-23(28(33)31(26)18-10-11-24-25(12-18)35-16-34-24)30-14-20(17-6-2-1-3-7-17)27-19-8-4-5-9-21(19)29-22(27)15-30/h1-12,20,23,29H,13-16H2/t20-,23-/m1/s1. The molecule has 7 nitrogen and oxygen atoms in total. The minimum absolute atomic E-state index is 0.0959. The normalized spacial score (nSPS) is 21.7. The van der Waals surface area contributed by atoms with Gasteiger partial charge < -0.3 is 14.5 Å². The lowest BCUT2D eigenvalue weighted by Gasteiger charge is -2.36. The van der Waals surface area contributed by atoms with Gasteiger partial charge in [-0.25, -0.2) is 4.90 Å². The van der Waals surface area contributed by atoms with Gasteiger partial charge in [0.05, 0.1) is 18.2 Å². The monoisotopic (exact) mass is 465 g/mol. The number of hydrogen-bond donors (Lipinski definition) is 1. The Balaban J connectivity index is 1.25. The van der Waals surface area contributed by atoms with Gasteiger partial charge in [0.15, 0.2) is 11.5 Å². The molecule has 2 atom stereocenters. The molecule has 0 aliphatic carbocycles. The third kappa shape index (κ3) is 3.15. The van der Waals surface area contributed by atoms with Gasteiger partial charge in [0.25, 0.3) is 5.91 Å². The van der Waals surface area contributed by atoms with Crippen molar-refractivity contribution in [2.45, 2.75) is 24.9 Å². The van der Waals surface area contributed by atoms with E-state index in [2.05, 4.69) is 52.3 Å². The van der Waals surface area contributed by atoms with Gasteiger partial charge in [0.1, 0.15) is 0 Å². The van der Waals surface area contributed by atoms with E-state index in [1.807, 2.05) is 12.1 Å². The van der Waals surface area contributed by atoms with Crippen LogP contribution in [0.1, 0.15) is 29.2 Å². The van der Waals surface area contributed by atoms with Gasteiger partial charge >= 0.3 is 0 Å². The second-order valence-corrected chi connectivity index (χ2v) is 9.28. The highest BCUT2D eigenvalue weighted by Crippen LogP contribution is 2.41. The van der Waals surface area contributed by atoms with Crippen molar-refractivity contribution in [2.24, 2.45) is 0 Å². The van der Waals surface area contributed by atoms with Crippen LogP contribution >= 0.6 is 0 Å². The first-order valence-electron chi connectivity index (χ1n) is 11.8. The molecule has 1 aromatic heterocycles. The number of rotatable bonds is 3. The second kappa shape index (κ2) is 7.71. The predicted molar refractivity (Wildman–Crippen MR) is 130 cm³/mol. The number of carbonyl (C=O) groups is 2. The van der Waals surface area contributed by atoms with E-state index in [1.165, 1.54) is 21.4 Å². The average molecular weight is 466 g/mol. The average Bonchev–Trinajstić information content (AvgIpc) is 3.58. The van der Waals surface area contributed by atoms with Gasteiger partial charge in [-0.15, -0.1) is 0 Å². The minimum atomic E-state index is -0.515. The first kappa shape index (κ1) is 20.3. The topological polar surface area (TPSA) is 74.9 Å². The molecular weight excluding hydrogens is 442 g/mol. The molecule has 2 amide bonds. The molecule has 1 N–H and O–H groups in total. The van der Waals surface area contributed by atoms with Crippen LogP contribution in [0.25, 0.3) is 10.9 Å². The molecule has 35 heavy (non-hydrogen) atoms. The summed E-state index contributed by atoms with van der Waals surface area (Å²) in [6.07, 6.45) is 0.157. The smallest absolute Gasteiger partial charge is 0.251 e. The van der Waals surface area contributed by atoms with E-state index in [1.54, 1.807) is 18.2 Å². The largest absolute Gasteiger partial charge is 0.454 e. The summed E-state index contributed by atoms with van der Waals surface area (Å²) >= 11 is 0. The first-order chi connectivity index (χ1) is 17.2. The summed E-state index contributed by atoms with van der Waals surface area (Å²) in [7, 11) is 0. The molecule has 7 rings (SSSR count). The second-order valence-electron chi connectivity index (χ2n) is 9.28. The summed E-state index contributed by atoms with van der Waals surface area (Å²) in [6, 6.07) is 23.4. The molecule has 1 fully saturated rings. The van der Waals surface area contributed by atoms with E-state index in [9.17, 15) is 9.59 Å². The molecule has 3 aromatic carbocycles. The lowest BCUT2D eigenvalue weighted by molar-refractivity contribution is -0.123. The SMILES string of the molecule is O=C1C[C@@H](N2Cc3[nH]c4ccccc4c3[C@@H](c3ccccc3)C2)C(=O)N1c1ccc2c(c1)OCO2. The predicted octanol–water partition coefficient (Wildman–Crippen LogP) is 4.18. The number of imide groups is 1. The summed E-state index contributed by atoms with van der Waals surface area (Å²) < 4.78 is 10.8. The number of fused-ring (bicyclic) bond motifs is 4. The summed E-state index contributed by atoms with van der Waals surface area (Å²) in [5, 5.41) is 1.21. The lowest BCUT2D eigenvalue weighted by Crippen LogP contribution is -2.45. The molecule has 0 radical (unpaired) electrons. The zero-order chi connectivity index (χ0) is 23.5. The maximum absolute atomic E-state index is 13.6. The fraction of sp³-hybridized carbons (Fsp3) is 0.214. The van der Waals surface area contributed by atoms with Crippen LogP contribution in [0.2, 0.25) is 0 Å². The number of ether oxygens (including phenoxy) is 2. The van der Waals surface area contributed by atoms with Crippen LogP contribution in [0, 0.1) is 0 Å². The summed E-state index contributed by atoms with van der Waals surface area (Å²) in [5.41, 5.74) is 5.21. The van der Waals surface area contributed by atoms with Crippen LogP contribution in [-0.2, 0) is 16.1 Å². The molecule has 0 saturated carbocycles. The van der Waals surface area contributed by atoms with Crippen molar-refractivity contribution in [3.8, 4) is 11.5 Å². The third-order valence-electron chi connectivity index (χ3n) is 7.33. The van der Waals surface area contributed by atoms with E-state index in [4.69, 9.17) is 9.47 Å². The molecular formula is C28H23N3O4. The Kier molecular flexibility index (Phi) is 4.47. The summed E-state index contributed by atoms with van der Waals surface area (Å²) in [6.45, 7) is 1.40. The quantitative estimate of drug-likeness (QED) is 0.460. The van der Waals surface area contributed by atoms with Crippen molar-refractivity contribution in [1.29, 1.82) is 0 Å². The molecule has 4 aromatic rings. The van der Waals surface area contributed by atoms with E-state index in [0.717, 1.165) is 11.2 Å². The Hall–Kier alpha value is -4.10. The number of H-pyrrole nitrogens is 1. The van der Waals surface area contributed by atoms with Crippen molar-refractivity contribution in [2.75, 3.05) is 18.2 Å². The Morgan fingerprint density at radius 3 is 2.57 bits per heavy atom. The fourth-order valence-corrected chi connectivity index (χ4v) is 5.73. The molecule has 1 saturated heterocycles. The molecule has 3 aliphatic rings. The van der Waals surface area contributed by atoms with Crippen LogP contribution < -0.4 is 14.4 Å². The number of nitrogens with zero attached hydrogens (tertiary/aromatic N) is 2. The summed E-state index contributed by atoms with van der Waals surface area (Å²) in [4.78, 5) is 33.7. The third-order valence-corrected chi connectivity index (χ3v) is 7.33. The van der Waals surface area contributed by atoms with Gasteiger partial charge in [0.2, 0.25) is 12.7 Å². The van der Waals surface area contributed by atoms with Crippen LogP contribution in [-0.4, -0.2) is 41.1 Å². The Bertz CT molecular complexity index is 1480. The number of nitrogens with one attached hydrogen (secondary N) is 1. The van der Waals surface area contributed by atoms with Crippen molar-refractivity contribution < 1.29 is 19.1 Å². The van der Waals surface area contributed by atoms with Crippen molar-refractivity contribution in [3.05, 3.63) is 89.6 Å². The van der Waals surface area contributed by atoms with Gasteiger partial charge in [-0.1, -0.05) is 48.5 Å². The number of aromatic nitrogens is 1. The number of hydrogen-bond acceptors (Lipinski definition) is 5. The van der Waals surface area contributed by atoms with E-state index in [0.29, 0.717) is 30.3 Å². The maximum atomic E-state index is 13.6. The number of aromatic amines is 1. The van der Waals surface area contributed by atoms with Gasteiger partial charge in [-0.2, -0.15) is 0 Å². The van der Waals surface area contributed by atoms with Crippen molar-refractivity contribution in [3.63, 3.8) is 0 Å². The Morgan fingerprint density at radius 1 is 0.886 bits per heavy atom. The Labute approximate surface area is 201 Å². The van der Waals surface area contributed by atoms with Crippen LogP contribution in [0.3, 0.4) is 0 Å². The van der Waals surface area contributed by atoms with E-state index >= 15 is 0 Å². The molecule has 0 spiro atoms. The van der Waals surface area contributed by atoms with Crippen molar-refractivity contribution in [1.82, 2.24) is 9.88 Å². The lowest BCUT2D eigenvalue weighted by atomic mass is 9.85. The minimum Gasteiger partial charge on any atom is -0.454 e. The maximum Gasteiger partial charge on any atom is 0.251 e. The molecule has 3 aliphatic heterocycles. The van der Waals surface area contributed by atoms with Crippen LogP contribution in [0.15, 0.2) is 72.8 Å². The van der Waals surface area contributed by atoms with Crippen molar-refractivity contribution >= 4 is 28.4 Å². The Morgan fingerprint density at radius 2 is 1.69 bits per heavy atom. The zero-order valence-corrected chi connectivity index (χ0v) is 18.9. The fourth-order valence-electron chi connectivity index (χ4n) is 5.73. The molecule has 4 heterocycles. The van der Waals surface area contributed by atoms with E-state index < -0.39 is 6.04 Å². The number of benzene rings is 3. The van der Waals surface area contributed by atoms with Gasteiger partial charge in [-0.05, 0) is 29.3 Å². The highest BCUT2D eigenvalue weighted by molar-refractivity contribution is 6.22. The van der Waals surface area contributed by atoms with Gasteiger partial charge in [-0.3, -0.25) is 14.5 Å². The number of anilines is 1. The zero-order valence-electron chi connectivity index (χ0n) is 18.9. The number of para-hydroxylation sites is 1. The number of amides is 2. The van der Waals surface area contributed by atoms with E-state index in [-0.39, 0.29) is 30.9 Å². The highest BCUT2D eigenvalue weighted by atomic mass is 16.7. The molecule has 0 bridgehead atoms. The molecule has 7 heteroatoms. The molecule has 0 unspecified atom stereocenters. The summed E-state index contributed by atoms with van der Waals surface area (Å²) in [5.74, 6) is 0.880. The van der Waals surface area contributed by atoms with Gasteiger partial charge in [0, 0.05) is 41.7 Å². The van der Waals surface area contributed by atoms with Crippen LogP contribution in [0.4, 0.5) is 5.69 Å².